The van der Waals surface area contributed by atoms with Gasteiger partial charge in [-0.25, -0.2) is 4.79 Å². The number of nitrogens with one attached hydrogen (secondary N) is 1. The standard InChI is InChI=1S/C19H21NO3S/c1-13-4-6-16(7-5-13)12-20-19(22)15(3)23-18(21)9-8-17-14(2)10-11-24-17/h4-11,15H,12H2,1-3H3,(H,20,22)/b9-8+/t15-/m0/s1. The Labute approximate surface area is 146 Å². The molecule has 0 bridgehead atoms. The van der Waals surface area contributed by atoms with Crippen molar-refractivity contribution in [2.24, 2.45) is 0 Å². The maximum atomic E-state index is 12.0. The Hall–Kier alpha value is -2.40. The van der Waals surface area contributed by atoms with Gasteiger partial charge < -0.3 is 10.1 Å². The summed E-state index contributed by atoms with van der Waals surface area (Å²) in [6.07, 6.45) is 2.22. The third-order valence-corrected chi connectivity index (χ3v) is 4.51. The van der Waals surface area contributed by atoms with E-state index >= 15 is 0 Å². The highest BCUT2D eigenvalue weighted by molar-refractivity contribution is 7.11. The van der Waals surface area contributed by atoms with E-state index in [0.717, 1.165) is 16.0 Å². The van der Waals surface area contributed by atoms with E-state index in [0.29, 0.717) is 6.54 Å². The fourth-order valence-electron chi connectivity index (χ4n) is 2.00. The minimum Gasteiger partial charge on any atom is -0.449 e. The first-order valence-electron chi connectivity index (χ1n) is 7.72. The molecule has 2 rings (SSSR count). The summed E-state index contributed by atoms with van der Waals surface area (Å²) in [4.78, 5) is 24.8. The van der Waals surface area contributed by atoms with Gasteiger partial charge in [0.25, 0.3) is 5.91 Å². The average molecular weight is 343 g/mol. The van der Waals surface area contributed by atoms with Gasteiger partial charge >= 0.3 is 5.97 Å². The number of carbonyl (C=O) groups is 2. The van der Waals surface area contributed by atoms with Crippen LogP contribution >= 0.6 is 11.3 Å². The van der Waals surface area contributed by atoms with Crippen LogP contribution < -0.4 is 5.32 Å². The van der Waals surface area contributed by atoms with Crippen LogP contribution in [0.3, 0.4) is 0 Å². The van der Waals surface area contributed by atoms with E-state index in [1.165, 1.54) is 11.6 Å². The van der Waals surface area contributed by atoms with Gasteiger partial charge in [0, 0.05) is 17.5 Å². The van der Waals surface area contributed by atoms with E-state index in [4.69, 9.17) is 4.74 Å². The van der Waals surface area contributed by atoms with Crippen LogP contribution in [0.2, 0.25) is 0 Å². The lowest BCUT2D eigenvalue weighted by Gasteiger charge is -2.12. The Morgan fingerprint density at radius 1 is 1.21 bits per heavy atom. The SMILES string of the molecule is Cc1ccc(CNC(=O)[C@H](C)OC(=O)/C=C/c2sccc2C)cc1. The molecule has 0 unspecified atom stereocenters. The fourth-order valence-corrected chi connectivity index (χ4v) is 2.82. The number of ether oxygens (including phenoxy) is 1. The molecule has 0 fully saturated rings. The molecule has 1 atom stereocenters. The van der Waals surface area contributed by atoms with Crippen LogP contribution in [0.1, 0.15) is 28.5 Å². The lowest BCUT2D eigenvalue weighted by molar-refractivity contribution is -0.150. The van der Waals surface area contributed by atoms with Crippen molar-refractivity contribution in [2.45, 2.75) is 33.4 Å². The van der Waals surface area contributed by atoms with Gasteiger partial charge in [-0.15, -0.1) is 11.3 Å². The van der Waals surface area contributed by atoms with Gasteiger partial charge in [0.15, 0.2) is 6.10 Å². The third-order valence-electron chi connectivity index (χ3n) is 3.52. The molecule has 0 aliphatic heterocycles. The highest BCUT2D eigenvalue weighted by Gasteiger charge is 2.16. The molecule has 1 amide bonds. The van der Waals surface area contributed by atoms with Gasteiger partial charge in [-0.05, 0) is 49.4 Å². The quantitative estimate of drug-likeness (QED) is 0.644. The minimum atomic E-state index is -0.836. The fraction of sp³-hybridized carbons (Fsp3) is 0.263. The predicted molar refractivity (Wildman–Crippen MR) is 96.7 cm³/mol. The monoisotopic (exact) mass is 343 g/mol. The number of amides is 1. The van der Waals surface area contributed by atoms with Crippen molar-refractivity contribution < 1.29 is 14.3 Å². The number of esters is 1. The Morgan fingerprint density at radius 3 is 2.54 bits per heavy atom. The second-order valence-electron chi connectivity index (χ2n) is 5.58. The van der Waals surface area contributed by atoms with Crippen molar-refractivity contribution in [3.8, 4) is 0 Å². The molecular formula is C19H21NO3S. The van der Waals surface area contributed by atoms with Crippen LogP contribution in [0.5, 0.6) is 0 Å². The number of benzene rings is 1. The average Bonchev–Trinajstić information content (AvgIpc) is 2.97. The number of carbonyl (C=O) groups excluding carboxylic acids is 2. The van der Waals surface area contributed by atoms with E-state index < -0.39 is 12.1 Å². The molecule has 1 aromatic heterocycles. The lowest BCUT2D eigenvalue weighted by Crippen LogP contribution is -2.35. The van der Waals surface area contributed by atoms with E-state index in [-0.39, 0.29) is 5.91 Å². The second-order valence-corrected chi connectivity index (χ2v) is 6.53. The summed E-state index contributed by atoms with van der Waals surface area (Å²) in [5.74, 6) is -0.842. The lowest BCUT2D eigenvalue weighted by atomic mass is 10.1. The first-order chi connectivity index (χ1) is 11.5. The van der Waals surface area contributed by atoms with Crippen LogP contribution in [-0.4, -0.2) is 18.0 Å². The summed E-state index contributed by atoms with van der Waals surface area (Å²) in [5.41, 5.74) is 3.27. The zero-order chi connectivity index (χ0) is 17.5. The van der Waals surface area contributed by atoms with E-state index in [2.05, 4.69) is 5.32 Å². The number of rotatable bonds is 6. The van der Waals surface area contributed by atoms with E-state index in [9.17, 15) is 9.59 Å². The van der Waals surface area contributed by atoms with Gasteiger partial charge in [-0.3, -0.25) is 4.79 Å². The Bertz CT molecular complexity index is 731. The van der Waals surface area contributed by atoms with Crippen LogP contribution in [0.4, 0.5) is 0 Å². The molecular weight excluding hydrogens is 322 g/mol. The summed E-state index contributed by atoms with van der Waals surface area (Å²) in [5, 5.41) is 4.72. The summed E-state index contributed by atoms with van der Waals surface area (Å²) < 4.78 is 5.12. The third kappa shape index (κ3) is 5.35. The van der Waals surface area contributed by atoms with Gasteiger partial charge in [0.05, 0.1) is 0 Å². The summed E-state index contributed by atoms with van der Waals surface area (Å²) in [6, 6.07) is 9.87. The van der Waals surface area contributed by atoms with Crippen molar-refractivity contribution in [2.75, 3.05) is 0 Å². The molecule has 0 radical (unpaired) electrons. The molecule has 126 valence electrons. The summed E-state index contributed by atoms with van der Waals surface area (Å²) in [6.45, 7) is 5.95. The molecule has 1 heterocycles. The van der Waals surface area contributed by atoms with Crippen LogP contribution in [-0.2, 0) is 20.9 Å². The van der Waals surface area contributed by atoms with Crippen molar-refractivity contribution in [3.05, 3.63) is 63.4 Å². The molecule has 0 saturated heterocycles. The molecule has 2 aromatic rings. The van der Waals surface area contributed by atoms with Crippen LogP contribution in [0.25, 0.3) is 6.08 Å². The summed E-state index contributed by atoms with van der Waals surface area (Å²) >= 11 is 1.55. The van der Waals surface area contributed by atoms with Crippen molar-refractivity contribution in [1.82, 2.24) is 5.32 Å². The minimum absolute atomic E-state index is 0.315. The molecule has 5 heteroatoms. The Balaban J connectivity index is 1.80. The van der Waals surface area contributed by atoms with Gasteiger partial charge in [-0.1, -0.05) is 29.8 Å². The van der Waals surface area contributed by atoms with E-state index in [1.54, 1.807) is 24.3 Å². The molecule has 0 saturated carbocycles. The van der Waals surface area contributed by atoms with Gasteiger partial charge in [0.2, 0.25) is 0 Å². The smallest absolute Gasteiger partial charge is 0.331 e. The maximum Gasteiger partial charge on any atom is 0.331 e. The van der Waals surface area contributed by atoms with Crippen molar-refractivity contribution in [1.29, 1.82) is 0 Å². The largest absolute Gasteiger partial charge is 0.449 e. The zero-order valence-electron chi connectivity index (χ0n) is 14.0. The molecule has 1 aromatic carbocycles. The molecule has 0 aliphatic rings. The Morgan fingerprint density at radius 2 is 1.92 bits per heavy atom. The van der Waals surface area contributed by atoms with E-state index in [1.807, 2.05) is 49.6 Å². The molecule has 1 N–H and O–H groups in total. The summed E-state index contributed by atoms with van der Waals surface area (Å²) in [7, 11) is 0. The zero-order valence-corrected chi connectivity index (χ0v) is 14.9. The number of aryl methyl sites for hydroxylation is 2. The molecule has 4 nitrogen and oxygen atoms in total. The van der Waals surface area contributed by atoms with Gasteiger partial charge in [-0.2, -0.15) is 0 Å². The van der Waals surface area contributed by atoms with Crippen LogP contribution in [0, 0.1) is 13.8 Å². The number of hydrogen-bond acceptors (Lipinski definition) is 4. The second kappa shape index (κ2) is 8.45. The first kappa shape index (κ1) is 17.9. The maximum absolute atomic E-state index is 12.0. The highest BCUT2D eigenvalue weighted by Crippen LogP contribution is 2.17. The van der Waals surface area contributed by atoms with Crippen molar-refractivity contribution >= 4 is 29.3 Å². The highest BCUT2D eigenvalue weighted by atomic mass is 32.1. The topological polar surface area (TPSA) is 55.4 Å². The Kier molecular flexibility index (Phi) is 6.32. The normalized spacial score (nSPS) is 12.1. The molecule has 24 heavy (non-hydrogen) atoms. The van der Waals surface area contributed by atoms with Crippen molar-refractivity contribution in [3.63, 3.8) is 0 Å². The number of thiophene rings is 1. The molecule has 0 spiro atoms. The first-order valence-corrected chi connectivity index (χ1v) is 8.59. The number of hydrogen-bond donors (Lipinski definition) is 1. The predicted octanol–water partition coefficient (Wildman–Crippen LogP) is 3.63. The van der Waals surface area contributed by atoms with Gasteiger partial charge in [0.1, 0.15) is 0 Å². The molecule has 0 aliphatic carbocycles. The van der Waals surface area contributed by atoms with Crippen LogP contribution in [0.15, 0.2) is 41.8 Å².